The molecule has 1 unspecified atom stereocenters. The molecule has 22 heavy (non-hydrogen) atoms. The van der Waals surface area contributed by atoms with Gasteiger partial charge in [0, 0.05) is 35.0 Å². The fraction of sp³-hybridized carbons (Fsp3) is 0.765. The van der Waals surface area contributed by atoms with Crippen LogP contribution in [0.1, 0.15) is 64.7 Å². The third-order valence-corrected chi connectivity index (χ3v) is 3.27. The van der Waals surface area contributed by atoms with Crippen molar-refractivity contribution in [1.29, 1.82) is 0 Å². The molecule has 125 valence electrons. The Labute approximate surface area is 137 Å². The minimum Gasteiger partial charge on any atom is -0.462 e. The summed E-state index contributed by atoms with van der Waals surface area (Å²) in [5.74, 6) is 0.0447. The zero-order chi connectivity index (χ0) is 15.9. The molecule has 0 saturated heterocycles. The molecule has 0 aliphatic carbocycles. The Kier molecular flexibility index (Phi) is 17.1. The van der Waals surface area contributed by atoms with E-state index in [-0.39, 0.29) is 26.3 Å². The molecule has 0 aliphatic rings. The van der Waals surface area contributed by atoms with Crippen LogP contribution in [0.15, 0.2) is 12.7 Å². The van der Waals surface area contributed by atoms with E-state index in [2.05, 4.69) is 6.58 Å². The lowest BCUT2D eigenvalue weighted by Crippen LogP contribution is -2.18. The summed E-state index contributed by atoms with van der Waals surface area (Å²) < 4.78 is 10.5. The van der Waals surface area contributed by atoms with Crippen molar-refractivity contribution in [3.63, 3.8) is 0 Å². The molecule has 0 aliphatic heterocycles. The van der Waals surface area contributed by atoms with Gasteiger partial charge in [0.25, 0.3) is 0 Å². The highest BCUT2D eigenvalue weighted by molar-refractivity contribution is 5.75. The van der Waals surface area contributed by atoms with Crippen LogP contribution < -0.4 is 0 Å². The highest BCUT2D eigenvalue weighted by Crippen LogP contribution is 2.14. The molecule has 0 aromatic heterocycles. The number of allylic oxidation sites excluding steroid dienone is 1. The van der Waals surface area contributed by atoms with Crippen molar-refractivity contribution in [1.82, 2.24) is 0 Å². The first kappa shape index (κ1) is 23.2. The molecule has 0 fully saturated rings. The molecular formula is C17H30BO4. The molecule has 3 radical (unpaired) electrons. The van der Waals surface area contributed by atoms with Gasteiger partial charge >= 0.3 is 5.97 Å². The monoisotopic (exact) mass is 309 g/mol. The van der Waals surface area contributed by atoms with Gasteiger partial charge in [-0.1, -0.05) is 6.08 Å². The number of ether oxygens (including phenoxy) is 2. The number of Topliss-reactive ketones (excluding diaryl/α,β-unsaturated/α-hetero) is 1. The smallest absolute Gasteiger partial charge is 0.306 e. The number of ketones is 1. The Bertz CT molecular complexity index is 305. The van der Waals surface area contributed by atoms with Crippen molar-refractivity contribution in [3.05, 3.63) is 12.7 Å². The zero-order valence-corrected chi connectivity index (χ0v) is 14.1. The zero-order valence-electron chi connectivity index (χ0n) is 14.1. The fourth-order valence-electron chi connectivity index (χ4n) is 2.09. The largest absolute Gasteiger partial charge is 0.462 e. The summed E-state index contributed by atoms with van der Waals surface area (Å²) in [5, 5.41) is 0. The van der Waals surface area contributed by atoms with Crippen molar-refractivity contribution in [2.24, 2.45) is 0 Å². The summed E-state index contributed by atoms with van der Waals surface area (Å²) in [6, 6.07) is 0. The maximum absolute atomic E-state index is 11.8. The van der Waals surface area contributed by atoms with Gasteiger partial charge < -0.3 is 14.3 Å². The first-order chi connectivity index (χ1) is 10.1. The van der Waals surface area contributed by atoms with Gasteiger partial charge in [0.15, 0.2) is 0 Å². The first-order valence-electron chi connectivity index (χ1n) is 7.89. The molecule has 0 amide bonds. The molecule has 0 aromatic rings. The van der Waals surface area contributed by atoms with Crippen molar-refractivity contribution in [3.8, 4) is 0 Å². The predicted molar refractivity (Wildman–Crippen MR) is 89.9 cm³/mol. The summed E-state index contributed by atoms with van der Waals surface area (Å²) in [4.78, 5) is 22.8. The van der Waals surface area contributed by atoms with E-state index in [1.165, 1.54) is 0 Å². The van der Waals surface area contributed by atoms with Crippen LogP contribution in [0.5, 0.6) is 0 Å². The summed E-state index contributed by atoms with van der Waals surface area (Å²) in [6.07, 6.45) is 8.74. The van der Waals surface area contributed by atoms with Gasteiger partial charge in [-0.2, -0.15) is 0 Å². The lowest BCUT2D eigenvalue weighted by molar-refractivity contribution is -0.150. The molecule has 0 aromatic carbocycles. The van der Waals surface area contributed by atoms with Crippen molar-refractivity contribution in [2.75, 3.05) is 13.7 Å². The van der Waals surface area contributed by atoms with E-state index < -0.39 is 0 Å². The van der Waals surface area contributed by atoms with Gasteiger partial charge in [0.2, 0.25) is 0 Å². The second kappa shape index (κ2) is 16.3. The molecule has 0 heterocycles. The van der Waals surface area contributed by atoms with E-state index in [0.29, 0.717) is 19.4 Å². The van der Waals surface area contributed by atoms with Crippen LogP contribution in [-0.2, 0) is 19.1 Å². The van der Waals surface area contributed by atoms with Crippen LogP contribution >= 0.6 is 0 Å². The van der Waals surface area contributed by atoms with Gasteiger partial charge in [0.05, 0.1) is 0 Å². The van der Waals surface area contributed by atoms with Gasteiger partial charge in [0.1, 0.15) is 11.9 Å². The van der Waals surface area contributed by atoms with E-state index in [4.69, 9.17) is 9.47 Å². The third kappa shape index (κ3) is 15.3. The van der Waals surface area contributed by atoms with Crippen LogP contribution in [0, 0.1) is 0 Å². The molecule has 0 spiro atoms. The fourth-order valence-corrected chi connectivity index (χ4v) is 2.09. The second-order valence-corrected chi connectivity index (χ2v) is 5.38. The van der Waals surface area contributed by atoms with Crippen molar-refractivity contribution < 1.29 is 19.1 Å². The van der Waals surface area contributed by atoms with Gasteiger partial charge in [-0.25, -0.2) is 0 Å². The molecular weight excluding hydrogens is 279 g/mol. The number of unbranched alkanes of at least 4 members (excludes halogenated alkanes) is 2. The quantitative estimate of drug-likeness (QED) is 0.213. The number of hydrogen-bond donors (Lipinski definition) is 0. The third-order valence-electron chi connectivity index (χ3n) is 3.27. The Morgan fingerprint density at radius 2 is 1.77 bits per heavy atom. The molecule has 0 saturated carbocycles. The Balaban J connectivity index is 0. The van der Waals surface area contributed by atoms with Gasteiger partial charge in [-0.05, 0) is 51.9 Å². The van der Waals surface area contributed by atoms with E-state index >= 15 is 0 Å². The second-order valence-electron chi connectivity index (χ2n) is 5.38. The highest BCUT2D eigenvalue weighted by Gasteiger charge is 2.14. The van der Waals surface area contributed by atoms with Crippen LogP contribution in [0.25, 0.3) is 0 Å². The van der Waals surface area contributed by atoms with Crippen LogP contribution in [0.3, 0.4) is 0 Å². The summed E-state index contributed by atoms with van der Waals surface area (Å²) in [5.41, 5.74) is 0. The lowest BCUT2D eigenvalue weighted by Gasteiger charge is -2.17. The van der Waals surface area contributed by atoms with Gasteiger partial charge in [-0.15, -0.1) is 6.58 Å². The summed E-state index contributed by atoms with van der Waals surface area (Å²) >= 11 is 0. The number of carbonyl (C=O) groups is 2. The Morgan fingerprint density at radius 1 is 1.09 bits per heavy atom. The molecule has 5 heteroatoms. The average Bonchev–Trinajstić information content (AvgIpc) is 2.43. The number of methoxy groups -OCH3 is 1. The van der Waals surface area contributed by atoms with Gasteiger partial charge in [-0.3, -0.25) is 4.79 Å². The lowest BCUT2D eigenvalue weighted by atomic mass is 10.0. The predicted octanol–water partition coefficient (Wildman–Crippen LogP) is 3.45. The number of esters is 1. The first-order valence-corrected chi connectivity index (χ1v) is 7.89. The summed E-state index contributed by atoms with van der Waals surface area (Å²) in [7, 11) is 1.66. The average molecular weight is 309 g/mol. The molecule has 0 rings (SSSR count). The SMILES string of the molecule is C=CCCCC(CCCC(C)=O)OC(=O)CCCCOC.[B]. The van der Waals surface area contributed by atoms with Crippen LogP contribution in [-0.4, -0.2) is 40.0 Å². The molecule has 1 atom stereocenters. The van der Waals surface area contributed by atoms with Crippen LogP contribution in [0.4, 0.5) is 0 Å². The van der Waals surface area contributed by atoms with E-state index in [9.17, 15) is 9.59 Å². The van der Waals surface area contributed by atoms with E-state index in [1.807, 2.05) is 6.08 Å². The molecule has 4 nitrogen and oxygen atoms in total. The highest BCUT2D eigenvalue weighted by atomic mass is 16.5. The normalized spacial score (nSPS) is 11.4. The number of hydrogen-bond acceptors (Lipinski definition) is 4. The molecule has 0 N–H and O–H groups in total. The maximum atomic E-state index is 11.8. The standard InChI is InChI=1S/C17H30O4.B/c1-4-5-6-11-16(12-9-10-15(2)18)21-17(19)13-7-8-14-20-3;/h4,16H,1,5-14H2,2-3H3;. The Hall–Kier alpha value is -1.10. The topological polar surface area (TPSA) is 52.6 Å². The van der Waals surface area contributed by atoms with Crippen molar-refractivity contribution in [2.45, 2.75) is 70.8 Å². The van der Waals surface area contributed by atoms with E-state index in [0.717, 1.165) is 44.9 Å². The Morgan fingerprint density at radius 3 is 2.36 bits per heavy atom. The number of carbonyl (C=O) groups excluding carboxylic acids is 2. The number of rotatable bonds is 14. The van der Waals surface area contributed by atoms with Crippen molar-refractivity contribution >= 4 is 20.2 Å². The minimum absolute atomic E-state index is 0. The molecule has 0 bridgehead atoms. The maximum Gasteiger partial charge on any atom is 0.306 e. The minimum atomic E-state index is -0.141. The van der Waals surface area contributed by atoms with E-state index in [1.54, 1.807) is 14.0 Å². The van der Waals surface area contributed by atoms with Crippen LogP contribution in [0.2, 0.25) is 0 Å². The summed E-state index contributed by atoms with van der Waals surface area (Å²) in [6.45, 7) is 5.96.